The Balaban J connectivity index is 1.83. The highest BCUT2D eigenvalue weighted by molar-refractivity contribution is 5.99. The van der Waals surface area contributed by atoms with Gasteiger partial charge in [-0.3, -0.25) is 0 Å². The number of para-hydroxylation sites is 1. The fourth-order valence-electron chi connectivity index (χ4n) is 3.15. The third-order valence-electron chi connectivity index (χ3n) is 4.51. The summed E-state index contributed by atoms with van der Waals surface area (Å²) in [5.41, 5.74) is 9.38. The SMILES string of the molecule is CC(C)(C)n1nc(-c2ccccc2OCc2ccccc2)c2c(N)ncnc21. The van der Waals surface area contributed by atoms with Crippen LogP contribution in [0.1, 0.15) is 26.3 Å². The standard InChI is InChI=1S/C22H23N5O/c1-22(2,3)27-21-18(20(23)24-14-25-21)19(26-27)16-11-7-8-12-17(16)28-13-15-9-5-4-6-10-15/h4-12,14H,13H2,1-3H3,(H2,23,24,25). The van der Waals surface area contributed by atoms with Crippen molar-refractivity contribution in [3.8, 4) is 17.0 Å². The van der Waals surface area contributed by atoms with Crippen LogP contribution in [0.5, 0.6) is 5.75 Å². The van der Waals surface area contributed by atoms with Crippen LogP contribution in [0.2, 0.25) is 0 Å². The molecule has 2 aromatic carbocycles. The number of nitrogen functional groups attached to an aromatic ring is 1. The van der Waals surface area contributed by atoms with Crippen LogP contribution in [0.25, 0.3) is 22.3 Å². The van der Waals surface area contributed by atoms with Gasteiger partial charge < -0.3 is 10.5 Å². The molecule has 2 aromatic heterocycles. The predicted octanol–water partition coefficient (Wildman–Crippen LogP) is 4.41. The number of hydrogen-bond acceptors (Lipinski definition) is 5. The highest BCUT2D eigenvalue weighted by atomic mass is 16.5. The van der Waals surface area contributed by atoms with E-state index in [0.717, 1.165) is 28.0 Å². The first-order chi connectivity index (χ1) is 13.4. The van der Waals surface area contributed by atoms with Crippen LogP contribution in [0.3, 0.4) is 0 Å². The van der Waals surface area contributed by atoms with Crippen molar-refractivity contribution in [2.24, 2.45) is 0 Å². The number of nitrogens with two attached hydrogens (primary N) is 1. The van der Waals surface area contributed by atoms with E-state index in [1.807, 2.05) is 59.3 Å². The molecule has 0 aliphatic heterocycles. The first-order valence-corrected chi connectivity index (χ1v) is 9.21. The molecule has 6 nitrogen and oxygen atoms in total. The number of ether oxygens (including phenoxy) is 1. The predicted molar refractivity (Wildman–Crippen MR) is 111 cm³/mol. The Kier molecular flexibility index (Phi) is 4.47. The number of aromatic nitrogens is 4. The zero-order chi connectivity index (χ0) is 19.7. The van der Waals surface area contributed by atoms with E-state index in [9.17, 15) is 0 Å². The Morgan fingerprint density at radius 1 is 0.964 bits per heavy atom. The summed E-state index contributed by atoms with van der Waals surface area (Å²) in [6, 6.07) is 17.9. The highest BCUT2D eigenvalue weighted by Gasteiger charge is 2.25. The van der Waals surface area contributed by atoms with Gasteiger partial charge in [-0.15, -0.1) is 0 Å². The Hall–Kier alpha value is -3.41. The molecule has 6 heteroatoms. The largest absolute Gasteiger partial charge is 0.488 e. The fourth-order valence-corrected chi connectivity index (χ4v) is 3.15. The molecule has 0 saturated heterocycles. The van der Waals surface area contributed by atoms with Crippen LogP contribution in [0.4, 0.5) is 5.82 Å². The summed E-state index contributed by atoms with van der Waals surface area (Å²) in [7, 11) is 0. The monoisotopic (exact) mass is 373 g/mol. The van der Waals surface area contributed by atoms with Crippen molar-refractivity contribution in [1.29, 1.82) is 0 Å². The lowest BCUT2D eigenvalue weighted by atomic mass is 10.1. The number of anilines is 1. The van der Waals surface area contributed by atoms with Crippen LogP contribution in [-0.4, -0.2) is 19.7 Å². The lowest BCUT2D eigenvalue weighted by Crippen LogP contribution is -2.23. The average Bonchev–Trinajstić information content (AvgIpc) is 3.09. The van der Waals surface area contributed by atoms with Crippen LogP contribution in [-0.2, 0) is 12.1 Å². The van der Waals surface area contributed by atoms with Gasteiger partial charge in [0.05, 0.1) is 10.9 Å². The molecule has 0 amide bonds. The molecule has 0 unspecified atom stereocenters. The van der Waals surface area contributed by atoms with E-state index in [1.165, 1.54) is 6.33 Å². The van der Waals surface area contributed by atoms with E-state index >= 15 is 0 Å². The Morgan fingerprint density at radius 3 is 2.43 bits per heavy atom. The van der Waals surface area contributed by atoms with E-state index < -0.39 is 0 Å². The molecule has 0 aliphatic rings. The van der Waals surface area contributed by atoms with Gasteiger partial charge in [0.2, 0.25) is 0 Å². The van der Waals surface area contributed by atoms with Crippen molar-refractivity contribution < 1.29 is 4.74 Å². The maximum atomic E-state index is 6.22. The number of rotatable bonds is 4. The minimum atomic E-state index is -0.253. The van der Waals surface area contributed by atoms with E-state index in [-0.39, 0.29) is 5.54 Å². The molecule has 0 saturated carbocycles. The minimum Gasteiger partial charge on any atom is -0.488 e. The maximum Gasteiger partial charge on any atom is 0.164 e. The van der Waals surface area contributed by atoms with Crippen molar-refractivity contribution in [3.63, 3.8) is 0 Å². The van der Waals surface area contributed by atoms with Crippen LogP contribution >= 0.6 is 0 Å². The van der Waals surface area contributed by atoms with Crippen molar-refractivity contribution in [2.75, 3.05) is 5.73 Å². The fraction of sp³-hybridized carbons (Fsp3) is 0.227. The van der Waals surface area contributed by atoms with Crippen molar-refractivity contribution in [2.45, 2.75) is 32.9 Å². The van der Waals surface area contributed by atoms with Gasteiger partial charge in [-0.2, -0.15) is 5.10 Å². The number of hydrogen-bond donors (Lipinski definition) is 1. The molecule has 0 aliphatic carbocycles. The van der Waals surface area contributed by atoms with E-state index in [2.05, 4.69) is 30.7 Å². The lowest BCUT2D eigenvalue weighted by molar-refractivity contribution is 0.307. The molecule has 0 radical (unpaired) electrons. The van der Waals surface area contributed by atoms with Crippen LogP contribution < -0.4 is 10.5 Å². The van der Waals surface area contributed by atoms with Gasteiger partial charge in [-0.1, -0.05) is 42.5 Å². The second-order valence-corrected chi connectivity index (χ2v) is 7.66. The van der Waals surface area contributed by atoms with Crippen molar-refractivity contribution >= 4 is 16.9 Å². The zero-order valence-electron chi connectivity index (χ0n) is 16.3. The normalized spacial score (nSPS) is 11.7. The van der Waals surface area contributed by atoms with E-state index in [4.69, 9.17) is 15.6 Å². The molecule has 2 N–H and O–H groups in total. The maximum absolute atomic E-state index is 6.22. The molecule has 2 heterocycles. The molecule has 4 rings (SSSR count). The summed E-state index contributed by atoms with van der Waals surface area (Å²) in [4.78, 5) is 8.63. The van der Waals surface area contributed by atoms with Crippen LogP contribution in [0, 0.1) is 0 Å². The molecule has 0 fully saturated rings. The molecule has 0 spiro atoms. The van der Waals surface area contributed by atoms with Gasteiger partial charge in [0.1, 0.15) is 30.2 Å². The second-order valence-electron chi connectivity index (χ2n) is 7.66. The summed E-state index contributed by atoms with van der Waals surface area (Å²) in [5, 5.41) is 5.61. The van der Waals surface area contributed by atoms with E-state index in [0.29, 0.717) is 18.1 Å². The van der Waals surface area contributed by atoms with Crippen molar-refractivity contribution in [1.82, 2.24) is 19.7 Å². The highest BCUT2D eigenvalue weighted by Crippen LogP contribution is 2.37. The summed E-state index contributed by atoms with van der Waals surface area (Å²) in [6.07, 6.45) is 1.48. The van der Waals surface area contributed by atoms with Gasteiger partial charge >= 0.3 is 0 Å². The quantitative estimate of drug-likeness (QED) is 0.573. The first kappa shape index (κ1) is 18.0. The minimum absolute atomic E-state index is 0.253. The molecule has 28 heavy (non-hydrogen) atoms. The zero-order valence-corrected chi connectivity index (χ0v) is 16.3. The van der Waals surface area contributed by atoms with Gasteiger partial charge in [-0.05, 0) is 38.5 Å². The van der Waals surface area contributed by atoms with Crippen molar-refractivity contribution in [3.05, 3.63) is 66.5 Å². The second kappa shape index (κ2) is 6.96. The molecule has 142 valence electrons. The van der Waals surface area contributed by atoms with Gasteiger partial charge in [0.25, 0.3) is 0 Å². The molecule has 0 bridgehead atoms. The molecular weight excluding hydrogens is 350 g/mol. The Bertz CT molecular complexity index is 1110. The number of fused-ring (bicyclic) bond motifs is 1. The number of benzene rings is 2. The summed E-state index contributed by atoms with van der Waals surface area (Å²) >= 11 is 0. The molecular formula is C22H23N5O. The smallest absolute Gasteiger partial charge is 0.164 e. The summed E-state index contributed by atoms with van der Waals surface area (Å²) < 4.78 is 8.02. The Morgan fingerprint density at radius 2 is 1.68 bits per heavy atom. The summed E-state index contributed by atoms with van der Waals surface area (Å²) in [5.74, 6) is 1.16. The van der Waals surface area contributed by atoms with Crippen LogP contribution in [0.15, 0.2) is 60.9 Å². The van der Waals surface area contributed by atoms with Gasteiger partial charge in [0.15, 0.2) is 5.65 Å². The third kappa shape index (κ3) is 3.29. The molecule has 0 atom stereocenters. The number of nitrogens with zero attached hydrogens (tertiary/aromatic N) is 4. The van der Waals surface area contributed by atoms with Gasteiger partial charge in [0, 0.05) is 5.56 Å². The average molecular weight is 373 g/mol. The molecule has 4 aromatic rings. The summed E-state index contributed by atoms with van der Waals surface area (Å²) in [6.45, 7) is 6.72. The van der Waals surface area contributed by atoms with E-state index in [1.54, 1.807) is 0 Å². The third-order valence-corrected chi connectivity index (χ3v) is 4.51. The topological polar surface area (TPSA) is 78.9 Å². The lowest BCUT2D eigenvalue weighted by Gasteiger charge is -2.19. The first-order valence-electron chi connectivity index (χ1n) is 9.21. The Labute approximate surface area is 164 Å². The van der Waals surface area contributed by atoms with Gasteiger partial charge in [-0.25, -0.2) is 14.6 Å².